The molecule has 2 aromatic rings. The third-order valence-electron chi connectivity index (χ3n) is 1.61. The quantitative estimate of drug-likeness (QED) is 0.742. The van der Waals surface area contributed by atoms with Gasteiger partial charge in [0.15, 0.2) is 0 Å². The fraction of sp³-hybridized carbons (Fsp3) is 0. The maximum absolute atomic E-state index is 9.31. The van der Waals surface area contributed by atoms with Gasteiger partial charge in [-0.2, -0.15) is 0 Å². The number of para-hydroxylation sites is 1. The molecule has 0 bridgehead atoms. The number of nitrogens with zero attached hydrogens (tertiary/aromatic N) is 1. The van der Waals surface area contributed by atoms with Crippen LogP contribution in [0.15, 0.2) is 36.5 Å². The molecule has 0 atom stereocenters. The van der Waals surface area contributed by atoms with Gasteiger partial charge in [0.25, 0.3) is 0 Å². The van der Waals surface area contributed by atoms with E-state index in [1.807, 2.05) is 18.2 Å². The van der Waals surface area contributed by atoms with E-state index >= 15 is 0 Å². The van der Waals surface area contributed by atoms with Crippen molar-refractivity contribution in [3.05, 3.63) is 36.5 Å². The fourth-order valence-corrected chi connectivity index (χ4v) is 1.09. The molecule has 0 aliphatic heterocycles. The van der Waals surface area contributed by atoms with Crippen molar-refractivity contribution in [2.45, 2.75) is 0 Å². The summed E-state index contributed by atoms with van der Waals surface area (Å²) in [7, 11) is 0. The maximum Gasteiger partial charge on any atom is 0.141 e. The SMILES string of the molecule is Oc1cccc2cccnc12.[Co].[Zn]. The standard InChI is InChI=1S/C9H7NO.Co.Zn/c11-8-5-1-3-7-4-2-6-10-9(7)8;;/h1-6,11H;;. The zero-order chi connectivity index (χ0) is 7.68. The average Bonchev–Trinajstić information content (AvgIpc) is 2.06. The number of hydrogen-bond acceptors (Lipinski definition) is 2. The molecule has 1 aromatic carbocycles. The average molecular weight is 269 g/mol. The largest absolute Gasteiger partial charge is 0.506 e. The van der Waals surface area contributed by atoms with Crippen molar-refractivity contribution in [1.82, 2.24) is 4.98 Å². The van der Waals surface area contributed by atoms with E-state index in [0.717, 1.165) is 5.39 Å². The van der Waals surface area contributed by atoms with Gasteiger partial charge >= 0.3 is 0 Å². The van der Waals surface area contributed by atoms with Crippen molar-refractivity contribution in [2.24, 2.45) is 0 Å². The van der Waals surface area contributed by atoms with Crippen LogP contribution in [0.5, 0.6) is 5.75 Å². The Bertz CT molecular complexity index is 389. The maximum atomic E-state index is 9.31. The van der Waals surface area contributed by atoms with Crippen LogP contribution in [0.3, 0.4) is 0 Å². The summed E-state index contributed by atoms with van der Waals surface area (Å²) in [4.78, 5) is 4.03. The van der Waals surface area contributed by atoms with Crippen LogP contribution in [0.2, 0.25) is 0 Å². The number of phenolic OH excluding ortho intramolecular Hbond substituents is 1. The van der Waals surface area contributed by atoms with Crippen LogP contribution >= 0.6 is 0 Å². The molecule has 1 heterocycles. The Kier molecular flexibility index (Phi) is 5.14. The predicted octanol–water partition coefficient (Wildman–Crippen LogP) is 1.94. The Morgan fingerprint density at radius 2 is 1.77 bits per heavy atom. The molecule has 0 spiro atoms. The van der Waals surface area contributed by atoms with Crippen molar-refractivity contribution in [3.8, 4) is 5.75 Å². The topological polar surface area (TPSA) is 33.1 Å². The van der Waals surface area contributed by atoms with Crippen molar-refractivity contribution >= 4 is 10.9 Å². The second-order valence-electron chi connectivity index (χ2n) is 2.35. The molecule has 0 aliphatic carbocycles. The molecule has 65 valence electrons. The first-order chi connectivity index (χ1) is 5.38. The van der Waals surface area contributed by atoms with E-state index in [4.69, 9.17) is 0 Å². The van der Waals surface area contributed by atoms with E-state index in [0.29, 0.717) is 5.52 Å². The molecule has 4 heteroatoms. The normalized spacial score (nSPS) is 8.62. The van der Waals surface area contributed by atoms with Crippen LogP contribution in [0.1, 0.15) is 0 Å². The summed E-state index contributed by atoms with van der Waals surface area (Å²) in [5.41, 5.74) is 0.662. The molecule has 13 heavy (non-hydrogen) atoms. The predicted molar refractivity (Wildman–Crippen MR) is 43.4 cm³/mol. The van der Waals surface area contributed by atoms with Crippen molar-refractivity contribution in [2.75, 3.05) is 0 Å². The summed E-state index contributed by atoms with van der Waals surface area (Å²) < 4.78 is 0. The van der Waals surface area contributed by atoms with Gasteiger partial charge in [-0.05, 0) is 12.1 Å². The van der Waals surface area contributed by atoms with Crippen molar-refractivity contribution in [1.29, 1.82) is 0 Å². The van der Waals surface area contributed by atoms with Crippen LogP contribution in [0.4, 0.5) is 0 Å². The number of hydrogen-bond donors (Lipinski definition) is 1. The first-order valence-corrected chi connectivity index (χ1v) is 3.40. The van der Waals surface area contributed by atoms with E-state index in [1.165, 1.54) is 0 Å². The first-order valence-electron chi connectivity index (χ1n) is 3.40. The van der Waals surface area contributed by atoms with Gasteiger partial charge < -0.3 is 5.11 Å². The summed E-state index contributed by atoms with van der Waals surface area (Å²) in [5.74, 6) is 0.239. The third kappa shape index (κ3) is 2.50. The minimum atomic E-state index is 0. The van der Waals surface area contributed by atoms with Gasteiger partial charge in [0, 0.05) is 47.8 Å². The van der Waals surface area contributed by atoms with E-state index in [1.54, 1.807) is 18.3 Å². The Balaban J connectivity index is 0.000000720. The van der Waals surface area contributed by atoms with E-state index < -0.39 is 0 Å². The van der Waals surface area contributed by atoms with Gasteiger partial charge in [0.05, 0.1) is 0 Å². The van der Waals surface area contributed by atoms with Crippen LogP contribution in [-0.4, -0.2) is 10.1 Å². The molecular formula is C9H7CoNOZn. The second kappa shape index (κ2) is 5.32. The number of phenols is 1. The fourth-order valence-electron chi connectivity index (χ4n) is 1.09. The molecule has 2 rings (SSSR count). The Labute approximate surface area is 99.3 Å². The Hall–Kier alpha value is -0.440. The number of benzene rings is 1. The number of pyridine rings is 1. The zero-order valence-electron chi connectivity index (χ0n) is 6.90. The molecule has 0 fully saturated rings. The van der Waals surface area contributed by atoms with Gasteiger partial charge in [-0.15, -0.1) is 0 Å². The number of aromatic nitrogens is 1. The summed E-state index contributed by atoms with van der Waals surface area (Å²) in [6, 6.07) is 9.13. The van der Waals surface area contributed by atoms with Crippen LogP contribution < -0.4 is 0 Å². The van der Waals surface area contributed by atoms with E-state index in [9.17, 15) is 5.11 Å². The smallest absolute Gasteiger partial charge is 0.141 e. The second-order valence-corrected chi connectivity index (χ2v) is 2.35. The summed E-state index contributed by atoms with van der Waals surface area (Å²) in [6.45, 7) is 0. The summed E-state index contributed by atoms with van der Waals surface area (Å²) in [6.07, 6.45) is 1.67. The molecule has 0 aliphatic rings. The molecular weight excluding hydrogens is 262 g/mol. The van der Waals surface area contributed by atoms with Crippen LogP contribution in [-0.2, 0) is 36.3 Å². The van der Waals surface area contributed by atoms with Crippen LogP contribution in [0, 0.1) is 0 Å². The molecule has 1 N–H and O–H groups in total. The zero-order valence-corrected chi connectivity index (χ0v) is 10.9. The Morgan fingerprint density at radius 3 is 2.46 bits per heavy atom. The monoisotopic (exact) mass is 268 g/mol. The molecule has 0 amide bonds. The number of aromatic hydroxyl groups is 1. The molecule has 0 saturated heterocycles. The minimum absolute atomic E-state index is 0. The van der Waals surface area contributed by atoms with Gasteiger partial charge in [0.2, 0.25) is 0 Å². The number of rotatable bonds is 0. The third-order valence-corrected chi connectivity index (χ3v) is 1.61. The first kappa shape index (κ1) is 12.6. The molecule has 1 radical (unpaired) electrons. The molecule has 0 unspecified atom stereocenters. The van der Waals surface area contributed by atoms with Crippen LogP contribution in [0.25, 0.3) is 10.9 Å². The molecule has 2 nitrogen and oxygen atoms in total. The summed E-state index contributed by atoms with van der Waals surface area (Å²) in [5, 5.41) is 10.3. The summed E-state index contributed by atoms with van der Waals surface area (Å²) >= 11 is 0. The Morgan fingerprint density at radius 1 is 1.08 bits per heavy atom. The minimum Gasteiger partial charge on any atom is -0.506 e. The van der Waals surface area contributed by atoms with Gasteiger partial charge in [-0.25, -0.2) is 0 Å². The van der Waals surface area contributed by atoms with Crippen molar-refractivity contribution < 1.29 is 41.4 Å². The van der Waals surface area contributed by atoms with E-state index in [-0.39, 0.29) is 42.0 Å². The van der Waals surface area contributed by atoms with Crippen molar-refractivity contribution in [3.63, 3.8) is 0 Å². The molecule has 0 saturated carbocycles. The van der Waals surface area contributed by atoms with E-state index in [2.05, 4.69) is 4.98 Å². The van der Waals surface area contributed by atoms with Gasteiger partial charge in [-0.3, -0.25) is 4.98 Å². The van der Waals surface area contributed by atoms with Gasteiger partial charge in [-0.1, -0.05) is 18.2 Å². The number of fused-ring (bicyclic) bond motifs is 1. The molecule has 1 aromatic heterocycles. The van der Waals surface area contributed by atoms with Gasteiger partial charge in [0.1, 0.15) is 11.3 Å².